The molecule has 0 aromatic heterocycles. The molecule has 1 aliphatic rings. The Kier molecular flexibility index (Phi) is 5.22. The largest absolute Gasteiger partial charge is 0.491 e. The standard InChI is InChI=1S/C17H26FNO2/c1-12-5-6-13(18)9-16(12)20-11-15-8-7-14(21-15)10-19-17(2,3)4/h5-6,9,14-15,19H,7-8,10-11H2,1-4H3. The molecule has 2 rings (SSSR count). The quantitative estimate of drug-likeness (QED) is 0.902. The van der Waals surface area contributed by atoms with Crippen LogP contribution in [0.3, 0.4) is 0 Å². The van der Waals surface area contributed by atoms with Crippen LogP contribution in [0.1, 0.15) is 39.2 Å². The molecule has 0 aliphatic carbocycles. The molecule has 0 amide bonds. The van der Waals surface area contributed by atoms with E-state index in [9.17, 15) is 4.39 Å². The summed E-state index contributed by atoms with van der Waals surface area (Å²) < 4.78 is 24.9. The molecule has 0 bridgehead atoms. The first-order valence-electron chi connectivity index (χ1n) is 7.63. The average molecular weight is 295 g/mol. The lowest BCUT2D eigenvalue weighted by molar-refractivity contribution is 0.0160. The summed E-state index contributed by atoms with van der Waals surface area (Å²) >= 11 is 0. The van der Waals surface area contributed by atoms with E-state index in [1.807, 2.05) is 6.92 Å². The van der Waals surface area contributed by atoms with Crippen LogP contribution in [0.25, 0.3) is 0 Å². The van der Waals surface area contributed by atoms with E-state index < -0.39 is 0 Å². The fourth-order valence-electron chi connectivity index (χ4n) is 2.39. The van der Waals surface area contributed by atoms with Gasteiger partial charge in [0, 0.05) is 18.2 Å². The van der Waals surface area contributed by atoms with Crippen LogP contribution in [0.15, 0.2) is 18.2 Å². The van der Waals surface area contributed by atoms with Crippen LogP contribution in [0.4, 0.5) is 4.39 Å². The van der Waals surface area contributed by atoms with Crippen LogP contribution < -0.4 is 10.1 Å². The first kappa shape index (κ1) is 16.2. The van der Waals surface area contributed by atoms with Gasteiger partial charge in [-0.05, 0) is 52.2 Å². The van der Waals surface area contributed by atoms with Crippen molar-refractivity contribution in [1.29, 1.82) is 0 Å². The summed E-state index contributed by atoms with van der Waals surface area (Å²) in [7, 11) is 0. The number of nitrogens with one attached hydrogen (secondary N) is 1. The highest BCUT2D eigenvalue weighted by Gasteiger charge is 2.26. The molecule has 1 aliphatic heterocycles. The van der Waals surface area contributed by atoms with Crippen LogP contribution in [-0.4, -0.2) is 30.9 Å². The number of ether oxygens (including phenoxy) is 2. The molecule has 1 aromatic carbocycles. The first-order valence-corrected chi connectivity index (χ1v) is 7.63. The van der Waals surface area contributed by atoms with Crippen molar-refractivity contribution in [1.82, 2.24) is 5.32 Å². The first-order chi connectivity index (χ1) is 9.83. The Balaban J connectivity index is 1.76. The van der Waals surface area contributed by atoms with Gasteiger partial charge >= 0.3 is 0 Å². The summed E-state index contributed by atoms with van der Waals surface area (Å²) in [6.45, 7) is 9.70. The van der Waals surface area contributed by atoms with E-state index in [0.717, 1.165) is 24.9 Å². The predicted molar refractivity (Wildman–Crippen MR) is 82.3 cm³/mol. The minimum Gasteiger partial charge on any atom is -0.491 e. The lowest BCUT2D eigenvalue weighted by Gasteiger charge is -2.23. The van der Waals surface area contributed by atoms with E-state index in [4.69, 9.17) is 9.47 Å². The summed E-state index contributed by atoms with van der Waals surface area (Å²) in [6, 6.07) is 4.61. The van der Waals surface area contributed by atoms with Crippen molar-refractivity contribution in [2.24, 2.45) is 0 Å². The Labute approximate surface area is 126 Å². The molecular weight excluding hydrogens is 269 g/mol. The number of hydrogen-bond acceptors (Lipinski definition) is 3. The number of halogens is 1. The minimum atomic E-state index is -0.268. The van der Waals surface area contributed by atoms with Gasteiger partial charge in [0.15, 0.2) is 0 Å². The Morgan fingerprint density at radius 2 is 2.00 bits per heavy atom. The van der Waals surface area contributed by atoms with Crippen molar-refractivity contribution in [2.75, 3.05) is 13.2 Å². The molecular formula is C17H26FNO2. The molecule has 0 saturated carbocycles. The third-order valence-electron chi connectivity index (χ3n) is 3.63. The highest BCUT2D eigenvalue weighted by Crippen LogP contribution is 2.23. The zero-order valence-corrected chi connectivity index (χ0v) is 13.4. The number of aryl methyl sites for hydroxylation is 1. The molecule has 3 nitrogen and oxygen atoms in total. The predicted octanol–water partition coefficient (Wildman–Crippen LogP) is 3.45. The van der Waals surface area contributed by atoms with E-state index in [1.165, 1.54) is 12.1 Å². The number of hydrogen-bond donors (Lipinski definition) is 1. The van der Waals surface area contributed by atoms with Crippen LogP contribution in [0, 0.1) is 12.7 Å². The van der Waals surface area contributed by atoms with Crippen molar-refractivity contribution < 1.29 is 13.9 Å². The molecule has 21 heavy (non-hydrogen) atoms. The monoisotopic (exact) mass is 295 g/mol. The molecule has 0 radical (unpaired) electrons. The third kappa shape index (κ3) is 5.29. The Morgan fingerprint density at radius 1 is 1.29 bits per heavy atom. The maximum absolute atomic E-state index is 13.2. The molecule has 0 spiro atoms. The van der Waals surface area contributed by atoms with Crippen molar-refractivity contribution in [3.8, 4) is 5.75 Å². The topological polar surface area (TPSA) is 30.5 Å². The fourth-order valence-corrected chi connectivity index (χ4v) is 2.39. The Hall–Kier alpha value is -1.13. The van der Waals surface area contributed by atoms with Crippen molar-refractivity contribution >= 4 is 0 Å². The van der Waals surface area contributed by atoms with Crippen LogP contribution in [0.2, 0.25) is 0 Å². The Bertz CT molecular complexity index is 470. The summed E-state index contributed by atoms with van der Waals surface area (Å²) in [6.07, 6.45) is 2.37. The van der Waals surface area contributed by atoms with Gasteiger partial charge in [-0.25, -0.2) is 4.39 Å². The van der Waals surface area contributed by atoms with E-state index >= 15 is 0 Å². The summed E-state index contributed by atoms with van der Waals surface area (Å²) in [4.78, 5) is 0. The SMILES string of the molecule is Cc1ccc(F)cc1OCC1CCC(CNC(C)(C)C)O1. The third-order valence-corrected chi connectivity index (χ3v) is 3.63. The van der Waals surface area contributed by atoms with E-state index in [-0.39, 0.29) is 23.6 Å². The van der Waals surface area contributed by atoms with E-state index in [2.05, 4.69) is 26.1 Å². The number of rotatable bonds is 5. The molecule has 1 aromatic rings. The van der Waals surface area contributed by atoms with E-state index in [1.54, 1.807) is 6.07 Å². The second kappa shape index (κ2) is 6.75. The summed E-state index contributed by atoms with van der Waals surface area (Å²) in [5.74, 6) is 0.338. The van der Waals surface area contributed by atoms with Crippen molar-refractivity contribution in [3.63, 3.8) is 0 Å². The molecule has 1 heterocycles. The number of benzene rings is 1. The van der Waals surface area contributed by atoms with Gasteiger partial charge in [0.25, 0.3) is 0 Å². The van der Waals surface area contributed by atoms with Gasteiger partial charge in [0.1, 0.15) is 18.2 Å². The zero-order valence-electron chi connectivity index (χ0n) is 13.4. The molecule has 1 saturated heterocycles. The van der Waals surface area contributed by atoms with Crippen molar-refractivity contribution in [3.05, 3.63) is 29.6 Å². The molecule has 1 N–H and O–H groups in total. The second-order valence-electron chi connectivity index (χ2n) is 6.81. The molecule has 2 unspecified atom stereocenters. The van der Waals surface area contributed by atoms with Gasteiger partial charge in [-0.3, -0.25) is 0 Å². The zero-order chi connectivity index (χ0) is 15.5. The second-order valence-corrected chi connectivity index (χ2v) is 6.81. The lowest BCUT2D eigenvalue weighted by Crippen LogP contribution is -2.41. The van der Waals surface area contributed by atoms with Crippen molar-refractivity contribution in [2.45, 2.75) is 58.3 Å². The van der Waals surface area contributed by atoms with Crippen LogP contribution in [-0.2, 0) is 4.74 Å². The lowest BCUT2D eigenvalue weighted by atomic mass is 10.1. The van der Waals surface area contributed by atoms with Crippen LogP contribution >= 0.6 is 0 Å². The smallest absolute Gasteiger partial charge is 0.126 e. The Morgan fingerprint density at radius 3 is 2.71 bits per heavy atom. The van der Waals surface area contributed by atoms with E-state index in [0.29, 0.717) is 12.4 Å². The van der Waals surface area contributed by atoms with Gasteiger partial charge in [-0.1, -0.05) is 6.07 Å². The minimum absolute atomic E-state index is 0.0967. The van der Waals surface area contributed by atoms with Gasteiger partial charge < -0.3 is 14.8 Å². The fraction of sp³-hybridized carbons (Fsp3) is 0.647. The maximum atomic E-state index is 13.2. The molecule has 1 fully saturated rings. The normalized spacial score (nSPS) is 22.5. The highest BCUT2D eigenvalue weighted by atomic mass is 19.1. The molecule has 4 heteroatoms. The molecule has 2 atom stereocenters. The highest BCUT2D eigenvalue weighted by molar-refractivity contribution is 5.32. The average Bonchev–Trinajstić information content (AvgIpc) is 2.85. The molecule has 118 valence electrons. The van der Waals surface area contributed by atoms with Gasteiger partial charge in [-0.15, -0.1) is 0 Å². The maximum Gasteiger partial charge on any atom is 0.126 e. The van der Waals surface area contributed by atoms with Crippen LogP contribution in [0.5, 0.6) is 5.75 Å². The summed E-state index contributed by atoms with van der Waals surface area (Å²) in [5, 5.41) is 3.46. The summed E-state index contributed by atoms with van der Waals surface area (Å²) in [5.41, 5.74) is 1.05. The van der Waals surface area contributed by atoms with Gasteiger partial charge in [0.05, 0.1) is 12.2 Å². The van der Waals surface area contributed by atoms with Gasteiger partial charge in [-0.2, -0.15) is 0 Å². The van der Waals surface area contributed by atoms with Gasteiger partial charge in [0.2, 0.25) is 0 Å².